The van der Waals surface area contributed by atoms with Crippen molar-refractivity contribution in [3.05, 3.63) is 33.9 Å². The third-order valence-corrected chi connectivity index (χ3v) is 2.90. The highest BCUT2D eigenvalue weighted by Gasteiger charge is 2.22. The molecule has 1 aliphatic carbocycles. The zero-order chi connectivity index (χ0) is 10.7. The molecule has 0 radical (unpaired) electrons. The van der Waals surface area contributed by atoms with E-state index in [2.05, 4.69) is 13.5 Å². The third kappa shape index (κ3) is 2.69. The predicted molar refractivity (Wildman–Crippen MR) is 56.6 cm³/mol. The van der Waals surface area contributed by atoms with Crippen LogP contribution < -0.4 is 0 Å². The van der Waals surface area contributed by atoms with E-state index in [1.54, 1.807) is 0 Å². The molecule has 1 rings (SSSR count). The summed E-state index contributed by atoms with van der Waals surface area (Å²) in [6, 6.07) is 0. The Morgan fingerprint density at radius 3 is 2.86 bits per heavy atom. The summed E-state index contributed by atoms with van der Waals surface area (Å²) in [5.74, 6) is 0.706. The van der Waals surface area contributed by atoms with Crippen molar-refractivity contribution in [2.24, 2.45) is 11.8 Å². The van der Waals surface area contributed by atoms with Gasteiger partial charge >= 0.3 is 0 Å². The van der Waals surface area contributed by atoms with E-state index in [0.29, 0.717) is 11.8 Å². The van der Waals surface area contributed by atoms with Crippen molar-refractivity contribution in [3.8, 4) is 0 Å². The molecule has 0 N–H and O–H groups in total. The second kappa shape index (κ2) is 4.40. The van der Waals surface area contributed by atoms with E-state index in [1.165, 1.54) is 0 Å². The molecule has 78 valence electrons. The predicted octanol–water partition coefficient (Wildman–Crippen LogP) is 2.81. The van der Waals surface area contributed by atoms with Gasteiger partial charge in [-0.1, -0.05) is 25.2 Å². The first kappa shape index (κ1) is 11.0. The number of hydrogen-bond donors (Lipinski definition) is 0. The SMILES string of the molecule is C=C(C)C1C=C(C[N+](=O)[O-])C(C)CC1. The maximum Gasteiger partial charge on any atom is 0.225 e. The van der Waals surface area contributed by atoms with E-state index in [4.69, 9.17) is 0 Å². The Hall–Kier alpha value is -1.12. The second-order valence-electron chi connectivity index (χ2n) is 4.16. The van der Waals surface area contributed by atoms with Gasteiger partial charge in [0, 0.05) is 4.92 Å². The molecule has 1 aliphatic rings. The van der Waals surface area contributed by atoms with Crippen molar-refractivity contribution in [2.45, 2.75) is 26.7 Å². The molecule has 0 aromatic rings. The van der Waals surface area contributed by atoms with E-state index >= 15 is 0 Å². The van der Waals surface area contributed by atoms with E-state index in [-0.39, 0.29) is 11.5 Å². The first-order valence-electron chi connectivity index (χ1n) is 4.98. The normalized spacial score (nSPS) is 26.9. The van der Waals surface area contributed by atoms with Crippen molar-refractivity contribution in [2.75, 3.05) is 6.54 Å². The van der Waals surface area contributed by atoms with Gasteiger partial charge < -0.3 is 0 Å². The lowest BCUT2D eigenvalue weighted by Crippen LogP contribution is -2.18. The highest BCUT2D eigenvalue weighted by atomic mass is 16.6. The highest BCUT2D eigenvalue weighted by Crippen LogP contribution is 2.31. The molecule has 2 unspecified atom stereocenters. The van der Waals surface area contributed by atoms with Gasteiger partial charge in [-0.05, 0) is 37.2 Å². The van der Waals surface area contributed by atoms with E-state index in [1.807, 2.05) is 13.0 Å². The van der Waals surface area contributed by atoms with Crippen LogP contribution in [0, 0.1) is 22.0 Å². The van der Waals surface area contributed by atoms with Gasteiger partial charge in [-0.2, -0.15) is 0 Å². The Kier molecular flexibility index (Phi) is 3.44. The molecule has 0 saturated heterocycles. The van der Waals surface area contributed by atoms with Gasteiger partial charge in [-0.3, -0.25) is 10.1 Å². The van der Waals surface area contributed by atoms with Gasteiger partial charge in [0.1, 0.15) is 0 Å². The van der Waals surface area contributed by atoms with Crippen LogP contribution in [-0.2, 0) is 0 Å². The third-order valence-electron chi connectivity index (χ3n) is 2.90. The molecule has 0 saturated carbocycles. The summed E-state index contributed by atoms with van der Waals surface area (Å²) in [5.41, 5.74) is 2.08. The van der Waals surface area contributed by atoms with E-state index < -0.39 is 0 Å². The number of nitrogens with zero attached hydrogens (tertiary/aromatic N) is 1. The Morgan fingerprint density at radius 2 is 2.36 bits per heavy atom. The zero-order valence-electron chi connectivity index (χ0n) is 8.82. The minimum Gasteiger partial charge on any atom is -0.264 e. The molecule has 0 aliphatic heterocycles. The summed E-state index contributed by atoms with van der Waals surface area (Å²) >= 11 is 0. The molecule has 0 aromatic carbocycles. The Morgan fingerprint density at radius 1 is 1.71 bits per heavy atom. The number of allylic oxidation sites excluding steroid dienone is 2. The lowest BCUT2D eigenvalue weighted by molar-refractivity contribution is -0.471. The lowest BCUT2D eigenvalue weighted by atomic mass is 9.81. The minimum atomic E-state index is -0.247. The van der Waals surface area contributed by atoms with Crippen LogP contribution in [0.15, 0.2) is 23.8 Å². The summed E-state index contributed by atoms with van der Waals surface area (Å²) in [4.78, 5) is 10.2. The van der Waals surface area contributed by atoms with Crippen molar-refractivity contribution in [1.29, 1.82) is 0 Å². The van der Waals surface area contributed by atoms with Gasteiger partial charge in [-0.25, -0.2) is 0 Å². The Balaban J connectivity index is 2.76. The summed E-state index contributed by atoms with van der Waals surface area (Å²) in [6.07, 6.45) is 4.16. The van der Waals surface area contributed by atoms with Gasteiger partial charge in [-0.15, -0.1) is 0 Å². The lowest BCUT2D eigenvalue weighted by Gasteiger charge is -2.24. The van der Waals surface area contributed by atoms with E-state index in [9.17, 15) is 10.1 Å². The molecule has 2 atom stereocenters. The number of rotatable bonds is 3. The quantitative estimate of drug-likeness (QED) is 0.395. The van der Waals surface area contributed by atoms with Crippen molar-refractivity contribution in [3.63, 3.8) is 0 Å². The fourth-order valence-corrected chi connectivity index (χ4v) is 1.87. The summed E-state index contributed by atoms with van der Waals surface area (Å²) in [6.45, 7) is 7.94. The maximum absolute atomic E-state index is 10.4. The average molecular weight is 195 g/mol. The average Bonchev–Trinajstić information content (AvgIpc) is 2.07. The summed E-state index contributed by atoms with van der Waals surface area (Å²) in [7, 11) is 0. The minimum absolute atomic E-state index is 0.00898. The summed E-state index contributed by atoms with van der Waals surface area (Å²) in [5, 5.41) is 10.4. The van der Waals surface area contributed by atoms with Gasteiger partial charge in [0.05, 0.1) is 0 Å². The zero-order valence-corrected chi connectivity index (χ0v) is 8.82. The van der Waals surface area contributed by atoms with Crippen LogP contribution in [0.25, 0.3) is 0 Å². The van der Waals surface area contributed by atoms with Crippen LogP contribution in [0.3, 0.4) is 0 Å². The van der Waals surface area contributed by atoms with Crippen LogP contribution in [0.2, 0.25) is 0 Å². The van der Waals surface area contributed by atoms with Gasteiger partial charge in [0.2, 0.25) is 6.54 Å². The van der Waals surface area contributed by atoms with Crippen LogP contribution in [0.1, 0.15) is 26.7 Å². The van der Waals surface area contributed by atoms with Crippen molar-refractivity contribution < 1.29 is 4.92 Å². The van der Waals surface area contributed by atoms with Crippen LogP contribution >= 0.6 is 0 Å². The largest absolute Gasteiger partial charge is 0.264 e. The number of hydrogen-bond acceptors (Lipinski definition) is 2. The molecule has 14 heavy (non-hydrogen) atoms. The standard InChI is InChI=1S/C11H17NO2/c1-8(2)10-5-4-9(3)11(6-10)7-12(13)14/h6,9-10H,1,4-5,7H2,2-3H3. The van der Waals surface area contributed by atoms with Gasteiger partial charge in [0.25, 0.3) is 0 Å². The highest BCUT2D eigenvalue weighted by molar-refractivity contribution is 5.18. The van der Waals surface area contributed by atoms with Crippen LogP contribution in [0.4, 0.5) is 0 Å². The van der Waals surface area contributed by atoms with Crippen molar-refractivity contribution in [1.82, 2.24) is 0 Å². The molecule has 0 heterocycles. The molecule has 3 heteroatoms. The molecule has 0 spiro atoms. The smallest absolute Gasteiger partial charge is 0.225 e. The molecule has 0 fully saturated rings. The molecule has 3 nitrogen and oxygen atoms in total. The molecule has 0 bridgehead atoms. The van der Waals surface area contributed by atoms with Crippen LogP contribution in [0.5, 0.6) is 0 Å². The monoisotopic (exact) mass is 195 g/mol. The first-order valence-corrected chi connectivity index (χ1v) is 4.98. The summed E-state index contributed by atoms with van der Waals surface area (Å²) < 4.78 is 0. The Labute approximate surface area is 84.7 Å². The molecule has 0 aromatic heterocycles. The molecular weight excluding hydrogens is 178 g/mol. The second-order valence-corrected chi connectivity index (χ2v) is 4.16. The first-order chi connectivity index (χ1) is 6.50. The molecule has 0 amide bonds. The van der Waals surface area contributed by atoms with Crippen molar-refractivity contribution >= 4 is 0 Å². The molecular formula is C11H17NO2. The fraction of sp³-hybridized carbons (Fsp3) is 0.636. The van der Waals surface area contributed by atoms with Gasteiger partial charge in [0.15, 0.2) is 0 Å². The van der Waals surface area contributed by atoms with E-state index in [0.717, 1.165) is 24.0 Å². The maximum atomic E-state index is 10.4. The number of nitro groups is 1. The Bertz CT molecular complexity index is 281. The fourth-order valence-electron chi connectivity index (χ4n) is 1.87. The topological polar surface area (TPSA) is 43.1 Å². The van der Waals surface area contributed by atoms with Crippen LogP contribution in [-0.4, -0.2) is 11.5 Å².